The molecule has 0 radical (unpaired) electrons. The number of anilines is 1. The number of nitrogens with zero attached hydrogens (tertiary/aromatic N) is 2. The summed E-state index contributed by atoms with van der Waals surface area (Å²) in [7, 11) is 0. The second-order valence-corrected chi connectivity index (χ2v) is 6.76. The first-order chi connectivity index (χ1) is 14.2. The minimum atomic E-state index is -0.145. The molecule has 6 nitrogen and oxygen atoms in total. The lowest BCUT2D eigenvalue weighted by molar-refractivity contribution is -0.115. The van der Waals surface area contributed by atoms with E-state index in [1.165, 1.54) is 0 Å². The molecule has 3 aromatic rings. The van der Waals surface area contributed by atoms with E-state index in [1.807, 2.05) is 53.2 Å². The van der Waals surface area contributed by atoms with E-state index < -0.39 is 0 Å². The Labute approximate surface area is 169 Å². The van der Waals surface area contributed by atoms with Gasteiger partial charge in [0.15, 0.2) is 0 Å². The number of benzene rings is 2. The molecule has 2 aromatic carbocycles. The van der Waals surface area contributed by atoms with E-state index in [0.717, 1.165) is 33.8 Å². The number of aliphatic hydroxyl groups is 1. The lowest BCUT2D eigenvalue weighted by Crippen LogP contribution is -2.10. The largest absolute Gasteiger partial charge is 0.487 e. The van der Waals surface area contributed by atoms with E-state index in [2.05, 4.69) is 17.2 Å². The van der Waals surface area contributed by atoms with Crippen molar-refractivity contribution in [2.45, 2.75) is 33.1 Å². The first-order valence-electron chi connectivity index (χ1n) is 9.39. The Morgan fingerprint density at radius 1 is 1.28 bits per heavy atom. The second-order valence-electron chi connectivity index (χ2n) is 6.76. The van der Waals surface area contributed by atoms with Gasteiger partial charge in [-0.3, -0.25) is 9.48 Å². The molecule has 6 heteroatoms. The Morgan fingerprint density at radius 3 is 2.97 bits per heavy atom. The number of aromatic nitrogens is 2. The number of amides is 1. The number of carbonyl (C=O) groups excluding carboxylic acids is 1. The molecule has 0 aliphatic carbocycles. The molecule has 2 N–H and O–H groups in total. The van der Waals surface area contributed by atoms with Gasteiger partial charge >= 0.3 is 0 Å². The maximum atomic E-state index is 11.9. The fraction of sp³-hybridized carbons (Fsp3) is 0.217. The molecule has 0 saturated heterocycles. The summed E-state index contributed by atoms with van der Waals surface area (Å²) in [5.74, 6) is 6.05. The zero-order valence-electron chi connectivity index (χ0n) is 16.1. The van der Waals surface area contributed by atoms with Crippen molar-refractivity contribution in [2.24, 2.45) is 0 Å². The average molecular weight is 387 g/mol. The maximum absolute atomic E-state index is 11.9. The van der Waals surface area contributed by atoms with Crippen molar-refractivity contribution < 1.29 is 14.6 Å². The summed E-state index contributed by atoms with van der Waals surface area (Å²) < 4.78 is 7.92. The van der Waals surface area contributed by atoms with Crippen LogP contribution in [0.3, 0.4) is 0 Å². The Bertz CT molecular complexity index is 1120. The molecule has 2 heterocycles. The highest BCUT2D eigenvalue weighted by Crippen LogP contribution is 2.30. The monoisotopic (exact) mass is 387 g/mol. The topological polar surface area (TPSA) is 76.4 Å². The quantitative estimate of drug-likeness (QED) is 0.674. The van der Waals surface area contributed by atoms with Crippen molar-refractivity contribution in [1.82, 2.24) is 9.78 Å². The maximum Gasteiger partial charge on any atom is 0.236 e. The smallest absolute Gasteiger partial charge is 0.236 e. The van der Waals surface area contributed by atoms with E-state index in [0.29, 0.717) is 18.8 Å². The van der Waals surface area contributed by atoms with E-state index in [9.17, 15) is 9.90 Å². The second kappa shape index (κ2) is 8.21. The molecule has 0 unspecified atom stereocenters. The Kier molecular flexibility index (Phi) is 5.32. The number of hydrogen-bond donors (Lipinski definition) is 2. The molecular weight excluding hydrogens is 366 g/mol. The van der Waals surface area contributed by atoms with Crippen molar-refractivity contribution >= 4 is 11.6 Å². The number of aliphatic hydroxyl groups excluding tert-OH is 1. The van der Waals surface area contributed by atoms with Gasteiger partial charge in [-0.25, -0.2) is 0 Å². The molecule has 146 valence electrons. The van der Waals surface area contributed by atoms with Gasteiger partial charge in [-0.05, 0) is 24.6 Å². The zero-order chi connectivity index (χ0) is 20.2. The highest BCUT2D eigenvalue weighted by molar-refractivity contribution is 5.92. The van der Waals surface area contributed by atoms with Crippen LogP contribution in [0, 0.1) is 11.8 Å². The Hall–Kier alpha value is -3.56. The van der Waals surface area contributed by atoms with Gasteiger partial charge in [-0.1, -0.05) is 36.3 Å². The summed E-state index contributed by atoms with van der Waals surface area (Å²) in [6.45, 7) is 2.62. The third kappa shape index (κ3) is 4.00. The molecule has 0 atom stereocenters. The van der Waals surface area contributed by atoms with Crippen LogP contribution in [0.1, 0.15) is 30.2 Å². The molecule has 0 fully saturated rings. The lowest BCUT2D eigenvalue weighted by Gasteiger charge is -2.10. The third-order valence-electron chi connectivity index (χ3n) is 4.80. The predicted octanol–water partition coefficient (Wildman–Crippen LogP) is 3.34. The Balaban J connectivity index is 1.57. The number of ether oxygens (including phenoxy) is 1. The van der Waals surface area contributed by atoms with Gasteiger partial charge in [-0.15, -0.1) is 5.92 Å². The number of fused-ring (bicyclic) bond motifs is 2. The van der Waals surface area contributed by atoms with Crippen LogP contribution >= 0.6 is 0 Å². The molecule has 1 amide bonds. The summed E-state index contributed by atoms with van der Waals surface area (Å²) in [5, 5.41) is 17.2. The molecular formula is C23H21N3O3. The normalized spacial score (nSPS) is 11.9. The molecule has 0 saturated carbocycles. The van der Waals surface area contributed by atoms with Crippen LogP contribution in [-0.2, 0) is 24.6 Å². The average Bonchev–Trinajstić information content (AvgIpc) is 3.06. The van der Waals surface area contributed by atoms with Crippen molar-refractivity contribution in [3.8, 4) is 28.8 Å². The fourth-order valence-corrected chi connectivity index (χ4v) is 3.33. The molecule has 1 aliphatic rings. The third-order valence-corrected chi connectivity index (χ3v) is 4.80. The van der Waals surface area contributed by atoms with Gasteiger partial charge in [-0.2, -0.15) is 5.10 Å². The first-order valence-corrected chi connectivity index (χ1v) is 9.39. The Morgan fingerprint density at radius 2 is 2.14 bits per heavy atom. The van der Waals surface area contributed by atoms with Crippen LogP contribution < -0.4 is 10.1 Å². The van der Waals surface area contributed by atoms with Crippen LogP contribution in [0.4, 0.5) is 5.69 Å². The molecule has 29 heavy (non-hydrogen) atoms. The molecule has 1 aliphatic heterocycles. The van der Waals surface area contributed by atoms with E-state index >= 15 is 0 Å². The van der Waals surface area contributed by atoms with Crippen LogP contribution in [0.5, 0.6) is 5.75 Å². The van der Waals surface area contributed by atoms with Gasteiger partial charge < -0.3 is 15.2 Å². The number of hydrogen-bond acceptors (Lipinski definition) is 4. The number of nitrogens with one attached hydrogen (secondary N) is 1. The molecule has 1 aromatic heterocycles. The van der Waals surface area contributed by atoms with E-state index in [-0.39, 0.29) is 18.9 Å². The fourth-order valence-electron chi connectivity index (χ4n) is 3.33. The van der Waals surface area contributed by atoms with Crippen LogP contribution in [0.15, 0.2) is 48.5 Å². The van der Waals surface area contributed by atoms with Gasteiger partial charge in [0, 0.05) is 22.9 Å². The molecule has 0 bridgehead atoms. The predicted molar refractivity (Wildman–Crippen MR) is 110 cm³/mol. The zero-order valence-corrected chi connectivity index (χ0v) is 16.1. The standard InChI is InChI=1S/C23H21N3O3/c1-2-3-8-23(28)24-18-10-9-16-13-26-19(15-29-22(16)11-18)12-21(25-26)20-7-5-4-6-17(20)14-27/h4-7,9-12,27H,8,13-15H2,1H3,(H,24,28). The van der Waals surface area contributed by atoms with Crippen LogP contribution in [0.2, 0.25) is 0 Å². The summed E-state index contributed by atoms with van der Waals surface area (Å²) in [5.41, 5.74) is 5.20. The van der Waals surface area contributed by atoms with Crippen molar-refractivity contribution in [3.05, 3.63) is 65.4 Å². The number of carbonyl (C=O) groups is 1. The highest BCUT2D eigenvalue weighted by atomic mass is 16.5. The van der Waals surface area contributed by atoms with Crippen molar-refractivity contribution in [2.75, 3.05) is 5.32 Å². The summed E-state index contributed by atoms with van der Waals surface area (Å²) in [6.07, 6.45) is 0.169. The highest BCUT2D eigenvalue weighted by Gasteiger charge is 2.18. The summed E-state index contributed by atoms with van der Waals surface area (Å²) in [6, 6.07) is 15.3. The van der Waals surface area contributed by atoms with Gasteiger partial charge in [0.2, 0.25) is 5.91 Å². The first kappa shape index (κ1) is 18.8. The summed E-state index contributed by atoms with van der Waals surface area (Å²) >= 11 is 0. The molecule has 4 rings (SSSR count). The minimum Gasteiger partial charge on any atom is -0.487 e. The SMILES string of the molecule is CC#CCC(=O)Nc1ccc2c(c1)OCc1cc(-c3ccccc3CO)nn1C2. The van der Waals surface area contributed by atoms with E-state index in [1.54, 1.807) is 6.92 Å². The van der Waals surface area contributed by atoms with Crippen LogP contribution in [0.25, 0.3) is 11.3 Å². The van der Waals surface area contributed by atoms with E-state index in [4.69, 9.17) is 9.84 Å². The molecule has 0 spiro atoms. The minimum absolute atomic E-state index is 0.0317. The van der Waals surface area contributed by atoms with Gasteiger partial charge in [0.05, 0.1) is 31.0 Å². The van der Waals surface area contributed by atoms with Crippen molar-refractivity contribution in [1.29, 1.82) is 0 Å². The summed E-state index contributed by atoms with van der Waals surface area (Å²) in [4.78, 5) is 11.9. The number of rotatable bonds is 4. The lowest BCUT2D eigenvalue weighted by atomic mass is 10.1. The van der Waals surface area contributed by atoms with Gasteiger partial charge in [0.1, 0.15) is 12.4 Å². The van der Waals surface area contributed by atoms with Crippen molar-refractivity contribution in [3.63, 3.8) is 0 Å². The van der Waals surface area contributed by atoms with Crippen LogP contribution in [-0.4, -0.2) is 20.8 Å². The van der Waals surface area contributed by atoms with Gasteiger partial charge in [0.25, 0.3) is 0 Å².